The molecule has 2 aromatic carbocycles. The Bertz CT molecular complexity index is 728. The first-order valence-corrected chi connectivity index (χ1v) is 6.11. The lowest BCUT2D eigenvalue weighted by Crippen LogP contribution is -1.98. The molecule has 0 radical (unpaired) electrons. The highest BCUT2D eigenvalue weighted by Gasteiger charge is 2.17. The number of hydrogen-bond donors (Lipinski definition) is 0. The highest BCUT2D eigenvalue weighted by Crippen LogP contribution is 2.33. The Kier molecular flexibility index (Phi) is 3.98. The van der Waals surface area contributed by atoms with Gasteiger partial charge in [0, 0.05) is 5.56 Å². The summed E-state index contributed by atoms with van der Waals surface area (Å²) in [5.74, 6) is -0.809. The van der Waals surface area contributed by atoms with Crippen LogP contribution in [0, 0.1) is 29.8 Å². The Morgan fingerprint density at radius 2 is 1.95 bits per heavy atom. The molecule has 6 heteroatoms. The number of ether oxygens (including phenoxy) is 1. The van der Waals surface area contributed by atoms with Gasteiger partial charge in [0.25, 0.3) is 5.69 Å². The standard InChI is InChI=1S/C15H12FNO4/c1-9-6-10(2)14(7-13(9)17(19)20)21-15-11(8-18)4-3-5-12(15)16/h3-8H,1-2H3. The van der Waals surface area contributed by atoms with Crippen LogP contribution in [0.2, 0.25) is 0 Å². The summed E-state index contributed by atoms with van der Waals surface area (Å²) in [6.07, 6.45) is 0.469. The van der Waals surface area contributed by atoms with Crippen LogP contribution in [0.5, 0.6) is 11.5 Å². The van der Waals surface area contributed by atoms with Gasteiger partial charge >= 0.3 is 0 Å². The van der Waals surface area contributed by atoms with Crippen molar-refractivity contribution in [2.24, 2.45) is 0 Å². The smallest absolute Gasteiger partial charge is 0.276 e. The number of aldehydes is 1. The summed E-state index contributed by atoms with van der Waals surface area (Å²) in [4.78, 5) is 21.3. The fourth-order valence-electron chi connectivity index (χ4n) is 1.96. The molecule has 0 spiro atoms. The van der Waals surface area contributed by atoms with E-state index in [-0.39, 0.29) is 22.7 Å². The number of halogens is 1. The van der Waals surface area contributed by atoms with Crippen LogP contribution in [-0.4, -0.2) is 11.2 Å². The number of aryl methyl sites for hydroxylation is 2. The minimum absolute atomic E-state index is 0.0395. The summed E-state index contributed by atoms with van der Waals surface area (Å²) in [7, 11) is 0. The predicted octanol–water partition coefficient (Wildman–Crippen LogP) is 3.96. The largest absolute Gasteiger partial charge is 0.453 e. The van der Waals surface area contributed by atoms with Crippen molar-refractivity contribution in [1.29, 1.82) is 0 Å². The van der Waals surface area contributed by atoms with E-state index in [0.29, 0.717) is 17.4 Å². The molecule has 108 valence electrons. The minimum Gasteiger partial charge on any atom is -0.453 e. The molecule has 2 aromatic rings. The van der Waals surface area contributed by atoms with Crippen molar-refractivity contribution >= 4 is 12.0 Å². The van der Waals surface area contributed by atoms with Gasteiger partial charge in [-0.15, -0.1) is 0 Å². The van der Waals surface area contributed by atoms with Crippen LogP contribution >= 0.6 is 0 Å². The number of benzene rings is 2. The summed E-state index contributed by atoms with van der Waals surface area (Å²) >= 11 is 0. The number of rotatable bonds is 4. The number of carbonyl (C=O) groups excluding carboxylic acids is 1. The Morgan fingerprint density at radius 1 is 1.24 bits per heavy atom. The van der Waals surface area contributed by atoms with Gasteiger partial charge in [-0.25, -0.2) is 4.39 Å². The molecular weight excluding hydrogens is 277 g/mol. The first kappa shape index (κ1) is 14.6. The van der Waals surface area contributed by atoms with E-state index in [1.54, 1.807) is 19.9 Å². The van der Waals surface area contributed by atoms with Crippen LogP contribution in [-0.2, 0) is 0 Å². The second-order valence-electron chi connectivity index (χ2n) is 4.54. The third kappa shape index (κ3) is 2.89. The quantitative estimate of drug-likeness (QED) is 0.485. The maximum atomic E-state index is 13.8. The van der Waals surface area contributed by atoms with Gasteiger partial charge in [-0.1, -0.05) is 6.07 Å². The third-order valence-corrected chi connectivity index (χ3v) is 3.03. The molecule has 0 saturated carbocycles. The number of nitro groups is 1. The van der Waals surface area contributed by atoms with Crippen LogP contribution in [0.25, 0.3) is 0 Å². The molecule has 0 unspecified atom stereocenters. The van der Waals surface area contributed by atoms with E-state index in [0.717, 1.165) is 6.07 Å². The van der Waals surface area contributed by atoms with Crippen LogP contribution in [0.3, 0.4) is 0 Å². The summed E-state index contributed by atoms with van der Waals surface area (Å²) in [6.45, 7) is 3.29. The van der Waals surface area contributed by atoms with Gasteiger partial charge in [0.1, 0.15) is 5.75 Å². The zero-order valence-electron chi connectivity index (χ0n) is 11.4. The van der Waals surface area contributed by atoms with E-state index >= 15 is 0 Å². The van der Waals surface area contributed by atoms with Gasteiger partial charge in [-0.3, -0.25) is 14.9 Å². The lowest BCUT2D eigenvalue weighted by atomic mass is 10.1. The van der Waals surface area contributed by atoms with Crippen molar-refractivity contribution in [3.05, 3.63) is 63.0 Å². The first-order valence-electron chi connectivity index (χ1n) is 6.11. The van der Waals surface area contributed by atoms with Gasteiger partial charge in [0.2, 0.25) is 0 Å². The fourth-order valence-corrected chi connectivity index (χ4v) is 1.96. The van der Waals surface area contributed by atoms with Crippen LogP contribution in [0.15, 0.2) is 30.3 Å². The summed E-state index contributed by atoms with van der Waals surface area (Å²) in [6, 6.07) is 6.75. The fraction of sp³-hybridized carbons (Fsp3) is 0.133. The molecule has 0 saturated heterocycles. The van der Waals surface area contributed by atoms with Crippen molar-refractivity contribution in [2.75, 3.05) is 0 Å². The van der Waals surface area contributed by atoms with E-state index < -0.39 is 10.7 Å². The Balaban J connectivity index is 2.52. The zero-order valence-corrected chi connectivity index (χ0v) is 11.4. The molecule has 0 fully saturated rings. The molecule has 5 nitrogen and oxygen atoms in total. The van der Waals surface area contributed by atoms with Crippen LogP contribution in [0.4, 0.5) is 10.1 Å². The topological polar surface area (TPSA) is 69.4 Å². The number of hydrogen-bond acceptors (Lipinski definition) is 4. The highest BCUT2D eigenvalue weighted by molar-refractivity contribution is 5.79. The van der Waals surface area contributed by atoms with E-state index in [4.69, 9.17) is 4.74 Å². The van der Waals surface area contributed by atoms with Crippen LogP contribution in [0.1, 0.15) is 21.5 Å². The van der Waals surface area contributed by atoms with Crippen molar-refractivity contribution in [3.63, 3.8) is 0 Å². The second-order valence-corrected chi connectivity index (χ2v) is 4.54. The van der Waals surface area contributed by atoms with E-state index in [9.17, 15) is 19.3 Å². The van der Waals surface area contributed by atoms with Crippen molar-refractivity contribution in [2.45, 2.75) is 13.8 Å². The predicted molar refractivity (Wildman–Crippen MR) is 74.4 cm³/mol. The number of nitrogens with zero attached hydrogens (tertiary/aromatic N) is 1. The first-order chi connectivity index (χ1) is 9.93. The summed E-state index contributed by atoms with van der Waals surface area (Å²) in [5.41, 5.74) is 1.00. The summed E-state index contributed by atoms with van der Waals surface area (Å²) < 4.78 is 19.2. The molecule has 2 rings (SSSR count). The van der Waals surface area contributed by atoms with E-state index in [1.807, 2.05) is 0 Å². The normalized spacial score (nSPS) is 10.2. The molecule has 0 aliphatic heterocycles. The van der Waals surface area contributed by atoms with Gasteiger partial charge in [0.05, 0.1) is 16.6 Å². The Labute approximate surface area is 120 Å². The molecule has 0 aliphatic carbocycles. The zero-order chi connectivity index (χ0) is 15.6. The number of carbonyl (C=O) groups is 1. The molecule has 0 aliphatic rings. The van der Waals surface area contributed by atoms with Gasteiger partial charge in [0.15, 0.2) is 17.9 Å². The third-order valence-electron chi connectivity index (χ3n) is 3.03. The molecular formula is C15H12FNO4. The van der Waals surface area contributed by atoms with Gasteiger partial charge in [-0.2, -0.15) is 0 Å². The lowest BCUT2D eigenvalue weighted by Gasteiger charge is -2.12. The lowest BCUT2D eigenvalue weighted by molar-refractivity contribution is -0.385. The monoisotopic (exact) mass is 289 g/mol. The maximum Gasteiger partial charge on any atom is 0.276 e. The average Bonchev–Trinajstić information content (AvgIpc) is 2.43. The van der Waals surface area contributed by atoms with Crippen molar-refractivity contribution < 1.29 is 18.8 Å². The SMILES string of the molecule is Cc1cc(C)c([N+](=O)[O-])cc1Oc1c(F)cccc1C=O. The highest BCUT2D eigenvalue weighted by atomic mass is 19.1. The summed E-state index contributed by atoms with van der Waals surface area (Å²) in [5, 5.41) is 10.9. The number of para-hydroxylation sites is 1. The average molecular weight is 289 g/mol. The Hall–Kier alpha value is -2.76. The molecule has 0 aromatic heterocycles. The Morgan fingerprint density at radius 3 is 2.57 bits per heavy atom. The molecule has 0 heterocycles. The molecule has 0 amide bonds. The molecule has 0 atom stereocenters. The maximum absolute atomic E-state index is 13.8. The van der Waals surface area contributed by atoms with Gasteiger partial charge in [-0.05, 0) is 37.6 Å². The van der Waals surface area contributed by atoms with Crippen LogP contribution < -0.4 is 4.74 Å². The minimum atomic E-state index is -0.706. The van der Waals surface area contributed by atoms with Crippen molar-refractivity contribution in [3.8, 4) is 11.5 Å². The second kappa shape index (κ2) is 5.70. The molecule has 0 N–H and O–H groups in total. The van der Waals surface area contributed by atoms with Gasteiger partial charge < -0.3 is 4.74 Å². The van der Waals surface area contributed by atoms with Crippen molar-refractivity contribution in [1.82, 2.24) is 0 Å². The molecule has 0 bridgehead atoms. The van der Waals surface area contributed by atoms with E-state index in [1.165, 1.54) is 18.2 Å². The number of nitro benzene ring substituents is 1. The van der Waals surface area contributed by atoms with E-state index in [2.05, 4.69) is 0 Å². The molecule has 21 heavy (non-hydrogen) atoms.